The van der Waals surface area contributed by atoms with E-state index in [1.165, 1.54) is 23.2 Å². The van der Waals surface area contributed by atoms with Crippen LogP contribution in [-0.4, -0.2) is 48.3 Å². The number of carbonyl (C=O) groups is 1. The van der Waals surface area contributed by atoms with E-state index in [2.05, 4.69) is 18.0 Å². The van der Waals surface area contributed by atoms with Crippen LogP contribution in [0.2, 0.25) is 0 Å². The number of sulfone groups is 1. The lowest BCUT2D eigenvalue weighted by Gasteiger charge is -2.28. The minimum Gasteiger partial charge on any atom is -0.331 e. The van der Waals surface area contributed by atoms with Crippen LogP contribution in [0.5, 0.6) is 0 Å². The van der Waals surface area contributed by atoms with Crippen molar-refractivity contribution in [2.75, 3.05) is 12.0 Å². The average Bonchev–Trinajstić information content (AvgIpc) is 3.27. The van der Waals surface area contributed by atoms with E-state index >= 15 is 0 Å². The molecular formula is C20H26N2O3S2. The van der Waals surface area contributed by atoms with Crippen molar-refractivity contribution in [1.82, 2.24) is 9.88 Å². The first-order valence-electron chi connectivity index (χ1n) is 9.12. The summed E-state index contributed by atoms with van der Waals surface area (Å²) in [5, 5.41) is 0.833. The van der Waals surface area contributed by atoms with Gasteiger partial charge >= 0.3 is 0 Å². The molecule has 1 atom stereocenters. The Labute approximate surface area is 165 Å². The number of nitrogens with zero attached hydrogens (tertiary/aromatic N) is 2. The van der Waals surface area contributed by atoms with Crippen molar-refractivity contribution in [2.45, 2.75) is 52.6 Å². The molecule has 1 heterocycles. The molecular weight excluding hydrogens is 380 g/mol. The summed E-state index contributed by atoms with van der Waals surface area (Å²) in [7, 11) is -3.15. The lowest BCUT2D eigenvalue weighted by molar-refractivity contribution is 0.0697. The molecule has 1 fully saturated rings. The van der Waals surface area contributed by atoms with Crippen LogP contribution in [0.4, 0.5) is 0 Å². The summed E-state index contributed by atoms with van der Waals surface area (Å²) in [6.07, 6.45) is 3.08. The fourth-order valence-corrected chi connectivity index (χ4v) is 5.62. The van der Waals surface area contributed by atoms with Crippen molar-refractivity contribution < 1.29 is 13.2 Å². The number of carbonyl (C=O) groups excluding carboxylic acids is 1. The highest BCUT2D eigenvalue weighted by molar-refractivity contribution is 7.90. The van der Waals surface area contributed by atoms with E-state index in [0.717, 1.165) is 29.0 Å². The topological polar surface area (TPSA) is 67.3 Å². The number of benzene rings is 1. The van der Waals surface area contributed by atoms with E-state index in [9.17, 15) is 13.2 Å². The van der Waals surface area contributed by atoms with Gasteiger partial charge in [0.1, 0.15) is 19.7 Å². The second-order valence-corrected chi connectivity index (χ2v) is 10.8. The minimum atomic E-state index is -3.15. The number of amides is 1. The standard InChI is InChI=1S/C20H26N2O3S2/c1-12-6-9-17(13(2)10-12)19-21-15(4)18(26-19)20(23)22(16-7-8-16)14(3)11-27(5,24)25/h6,9-10,14,16H,7-8,11H2,1-5H3. The third kappa shape index (κ3) is 4.58. The van der Waals surface area contributed by atoms with Gasteiger partial charge in [0, 0.05) is 23.9 Å². The van der Waals surface area contributed by atoms with Crippen LogP contribution < -0.4 is 0 Å². The Bertz CT molecular complexity index is 975. The number of aryl methyl sites for hydroxylation is 3. The van der Waals surface area contributed by atoms with Gasteiger partial charge in [-0.2, -0.15) is 0 Å². The molecule has 0 saturated heterocycles. The fraction of sp³-hybridized carbons (Fsp3) is 0.500. The Hall–Kier alpha value is -1.73. The highest BCUT2D eigenvalue weighted by atomic mass is 32.2. The van der Waals surface area contributed by atoms with E-state index in [1.807, 2.05) is 32.9 Å². The third-order valence-electron chi connectivity index (χ3n) is 4.80. The summed E-state index contributed by atoms with van der Waals surface area (Å²) in [4.78, 5) is 20.3. The molecule has 1 aromatic carbocycles. The molecule has 3 rings (SSSR count). The quantitative estimate of drug-likeness (QED) is 0.732. The second kappa shape index (κ2) is 7.36. The molecule has 5 nitrogen and oxygen atoms in total. The molecule has 0 radical (unpaired) electrons. The van der Waals surface area contributed by atoms with Gasteiger partial charge in [-0.3, -0.25) is 4.79 Å². The molecule has 27 heavy (non-hydrogen) atoms. The summed E-state index contributed by atoms with van der Waals surface area (Å²) in [6, 6.07) is 6.00. The van der Waals surface area contributed by atoms with Crippen LogP contribution in [0.3, 0.4) is 0 Å². The Balaban J connectivity index is 1.93. The first-order chi connectivity index (χ1) is 12.6. The summed E-state index contributed by atoms with van der Waals surface area (Å²) in [5.74, 6) is -0.114. The second-order valence-electron chi connectivity index (χ2n) is 7.64. The van der Waals surface area contributed by atoms with Gasteiger partial charge in [-0.15, -0.1) is 11.3 Å². The maximum absolute atomic E-state index is 13.3. The number of hydrogen-bond acceptors (Lipinski definition) is 5. The Morgan fingerprint density at radius 2 is 1.96 bits per heavy atom. The molecule has 0 spiro atoms. The molecule has 1 saturated carbocycles. The first-order valence-corrected chi connectivity index (χ1v) is 12.0. The summed E-state index contributed by atoms with van der Waals surface area (Å²) in [6.45, 7) is 7.77. The van der Waals surface area contributed by atoms with Gasteiger partial charge in [-0.25, -0.2) is 13.4 Å². The van der Waals surface area contributed by atoms with Crippen LogP contribution in [0, 0.1) is 20.8 Å². The Morgan fingerprint density at radius 3 is 2.52 bits per heavy atom. The number of hydrogen-bond donors (Lipinski definition) is 0. The largest absolute Gasteiger partial charge is 0.331 e. The maximum Gasteiger partial charge on any atom is 0.266 e. The van der Waals surface area contributed by atoms with Gasteiger partial charge in [0.05, 0.1) is 11.4 Å². The lowest BCUT2D eigenvalue weighted by atomic mass is 10.1. The Kier molecular flexibility index (Phi) is 5.45. The molecule has 146 valence electrons. The number of rotatable bonds is 6. The van der Waals surface area contributed by atoms with Gasteiger partial charge in [0.15, 0.2) is 0 Å². The monoisotopic (exact) mass is 406 g/mol. The minimum absolute atomic E-state index is 0.0168. The van der Waals surface area contributed by atoms with E-state index in [1.54, 1.807) is 4.90 Å². The molecule has 1 aliphatic rings. The summed E-state index contributed by atoms with van der Waals surface area (Å²) >= 11 is 1.40. The number of thiazole rings is 1. The van der Waals surface area contributed by atoms with E-state index in [0.29, 0.717) is 10.6 Å². The van der Waals surface area contributed by atoms with Gasteiger partial charge in [-0.1, -0.05) is 23.8 Å². The van der Waals surface area contributed by atoms with Crippen molar-refractivity contribution in [1.29, 1.82) is 0 Å². The molecule has 0 N–H and O–H groups in total. The molecule has 7 heteroatoms. The lowest BCUT2D eigenvalue weighted by Crippen LogP contribution is -2.43. The summed E-state index contributed by atoms with van der Waals surface area (Å²) < 4.78 is 23.4. The zero-order valence-electron chi connectivity index (χ0n) is 16.4. The van der Waals surface area contributed by atoms with Gasteiger partial charge in [-0.05, 0) is 46.1 Å². The molecule has 0 aliphatic heterocycles. The third-order valence-corrected chi connectivity index (χ3v) is 7.06. The van der Waals surface area contributed by atoms with Gasteiger partial charge in [0.25, 0.3) is 5.91 Å². The predicted molar refractivity (Wildman–Crippen MR) is 110 cm³/mol. The van der Waals surface area contributed by atoms with E-state index in [-0.39, 0.29) is 23.7 Å². The fourth-order valence-electron chi connectivity index (χ4n) is 3.48. The average molecular weight is 407 g/mol. The molecule has 1 unspecified atom stereocenters. The highest BCUT2D eigenvalue weighted by Gasteiger charge is 2.38. The zero-order valence-corrected chi connectivity index (χ0v) is 18.1. The number of aromatic nitrogens is 1. The van der Waals surface area contributed by atoms with Crippen molar-refractivity contribution >= 4 is 27.1 Å². The van der Waals surface area contributed by atoms with Crippen LogP contribution in [-0.2, 0) is 9.84 Å². The highest BCUT2D eigenvalue weighted by Crippen LogP contribution is 2.35. The molecule has 2 aromatic rings. The van der Waals surface area contributed by atoms with Crippen molar-refractivity contribution in [3.8, 4) is 10.6 Å². The van der Waals surface area contributed by atoms with Gasteiger partial charge in [0.2, 0.25) is 0 Å². The van der Waals surface area contributed by atoms with Crippen molar-refractivity contribution in [3.05, 3.63) is 39.9 Å². The van der Waals surface area contributed by atoms with Crippen LogP contribution in [0.1, 0.15) is 46.3 Å². The van der Waals surface area contributed by atoms with Crippen LogP contribution in [0.25, 0.3) is 10.6 Å². The summed E-state index contributed by atoms with van der Waals surface area (Å²) in [5.41, 5.74) is 4.06. The van der Waals surface area contributed by atoms with Gasteiger partial charge < -0.3 is 4.90 Å². The van der Waals surface area contributed by atoms with Crippen molar-refractivity contribution in [2.24, 2.45) is 0 Å². The van der Waals surface area contributed by atoms with Crippen LogP contribution in [0.15, 0.2) is 18.2 Å². The van der Waals surface area contributed by atoms with Crippen molar-refractivity contribution in [3.63, 3.8) is 0 Å². The zero-order chi connectivity index (χ0) is 19.9. The maximum atomic E-state index is 13.3. The van der Waals surface area contributed by atoms with E-state index < -0.39 is 9.84 Å². The first kappa shape index (κ1) is 20.0. The smallest absolute Gasteiger partial charge is 0.266 e. The molecule has 1 amide bonds. The van der Waals surface area contributed by atoms with Crippen LogP contribution >= 0.6 is 11.3 Å². The molecule has 1 aliphatic carbocycles. The SMILES string of the molecule is Cc1ccc(-c2nc(C)c(C(=O)N(C(C)CS(C)(=O)=O)C3CC3)s2)c(C)c1. The predicted octanol–water partition coefficient (Wildman–Crippen LogP) is 3.77. The molecule has 1 aromatic heterocycles. The van der Waals surface area contributed by atoms with E-state index in [4.69, 9.17) is 0 Å². The Morgan fingerprint density at radius 1 is 1.30 bits per heavy atom. The normalized spacial score (nSPS) is 15.6. The molecule has 0 bridgehead atoms.